The fourth-order valence-electron chi connectivity index (χ4n) is 2.29. The van der Waals surface area contributed by atoms with Gasteiger partial charge in [-0.3, -0.25) is 0 Å². The first kappa shape index (κ1) is 20.3. The number of methoxy groups -OCH3 is 1. The third kappa shape index (κ3) is 6.04. The quantitative estimate of drug-likeness (QED) is 0.764. The van der Waals surface area contributed by atoms with Gasteiger partial charge < -0.3 is 19.9 Å². The molecule has 132 valence electrons. The average molecular weight is 352 g/mol. The molecule has 0 fully saturated rings. The van der Waals surface area contributed by atoms with Crippen LogP contribution in [-0.4, -0.2) is 24.9 Å². The summed E-state index contributed by atoms with van der Waals surface area (Å²) in [7, 11) is 1.64. The lowest BCUT2D eigenvalue weighted by atomic mass is 10.1. The zero-order valence-corrected chi connectivity index (χ0v) is 15.2. The second-order valence-corrected chi connectivity index (χ2v) is 5.68. The van der Waals surface area contributed by atoms with Gasteiger partial charge in [-0.2, -0.15) is 0 Å². The largest absolute Gasteiger partial charge is 0.493 e. The molecule has 1 unspecified atom stereocenters. The first-order valence-corrected chi connectivity index (χ1v) is 7.83. The summed E-state index contributed by atoms with van der Waals surface area (Å²) in [6.07, 6.45) is -0.353. The van der Waals surface area contributed by atoms with Crippen molar-refractivity contribution >= 4 is 12.4 Å². The molecule has 2 aromatic rings. The zero-order chi connectivity index (χ0) is 16.7. The molecule has 0 amide bonds. The number of aliphatic hydroxyl groups excluding tert-OH is 1. The zero-order valence-electron chi connectivity index (χ0n) is 14.4. The Kier molecular flexibility index (Phi) is 8.61. The Morgan fingerprint density at radius 3 is 2.54 bits per heavy atom. The van der Waals surface area contributed by atoms with Gasteiger partial charge in [-0.1, -0.05) is 30.3 Å². The standard InChI is InChI=1S/C19H25NO3.ClH/c1-14-6-4-5-7-17(14)13-23-18-9-8-16(10-19(18)22-3)12-20-11-15(2)21;/h4-10,15,20-21H,11-13H2,1-3H3;1H. The first-order chi connectivity index (χ1) is 11.1. The molecule has 0 bridgehead atoms. The maximum atomic E-state index is 9.27. The summed E-state index contributed by atoms with van der Waals surface area (Å²) in [5, 5.41) is 12.5. The van der Waals surface area contributed by atoms with E-state index in [0.717, 1.165) is 22.6 Å². The Labute approximate surface area is 150 Å². The van der Waals surface area contributed by atoms with Crippen molar-refractivity contribution in [3.63, 3.8) is 0 Å². The fraction of sp³-hybridized carbons (Fsp3) is 0.368. The monoisotopic (exact) mass is 351 g/mol. The van der Waals surface area contributed by atoms with Crippen LogP contribution < -0.4 is 14.8 Å². The molecule has 1 atom stereocenters. The highest BCUT2D eigenvalue weighted by molar-refractivity contribution is 5.85. The Morgan fingerprint density at radius 2 is 1.88 bits per heavy atom. The number of hydrogen-bond acceptors (Lipinski definition) is 4. The van der Waals surface area contributed by atoms with Crippen LogP contribution in [-0.2, 0) is 13.2 Å². The smallest absolute Gasteiger partial charge is 0.161 e. The molecule has 0 aliphatic rings. The molecule has 0 aliphatic carbocycles. The predicted octanol–water partition coefficient (Wildman–Crippen LogP) is 3.47. The van der Waals surface area contributed by atoms with Crippen molar-refractivity contribution in [1.82, 2.24) is 5.32 Å². The van der Waals surface area contributed by atoms with Gasteiger partial charge >= 0.3 is 0 Å². The molecule has 4 nitrogen and oxygen atoms in total. The van der Waals surface area contributed by atoms with Crippen LogP contribution in [0.1, 0.15) is 23.6 Å². The van der Waals surface area contributed by atoms with Crippen LogP contribution in [0.5, 0.6) is 11.5 Å². The van der Waals surface area contributed by atoms with Gasteiger partial charge in [-0.15, -0.1) is 12.4 Å². The summed E-state index contributed by atoms with van der Waals surface area (Å²) >= 11 is 0. The van der Waals surface area contributed by atoms with Crippen molar-refractivity contribution in [3.8, 4) is 11.5 Å². The summed E-state index contributed by atoms with van der Waals surface area (Å²) in [5.41, 5.74) is 3.47. The van der Waals surface area contributed by atoms with E-state index in [1.54, 1.807) is 14.0 Å². The van der Waals surface area contributed by atoms with E-state index in [0.29, 0.717) is 19.7 Å². The number of aliphatic hydroxyl groups is 1. The predicted molar refractivity (Wildman–Crippen MR) is 99.1 cm³/mol. The number of nitrogens with one attached hydrogen (secondary N) is 1. The van der Waals surface area contributed by atoms with Gasteiger partial charge in [0.15, 0.2) is 11.5 Å². The van der Waals surface area contributed by atoms with Crippen LogP contribution >= 0.6 is 12.4 Å². The highest BCUT2D eigenvalue weighted by Gasteiger charge is 2.07. The van der Waals surface area contributed by atoms with Crippen LogP contribution in [0.15, 0.2) is 42.5 Å². The molecule has 0 saturated carbocycles. The molecule has 0 spiro atoms. The molecule has 0 radical (unpaired) electrons. The summed E-state index contributed by atoms with van der Waals surface area (Å²) in [4.78, 5) is 0. The van der Waals surface area contributed by atoms with E-state index >= 15 is 0 Å². The first-order valence-electron chi connectivity index (χ1n) is 7.83. The second-order valence-electron chi connectivity index (χ2n) is 5.68. The maximum absolute atomic E-state index is 9.27. The SMILES string of the molecule is COc1cc(CNCC(C)O)ccc1OCc1ccccc1C.Cl. The summed E-state index contributed by atoms with van der Waals surface area (Å²) in [6, 6.07) is 14.1. The molecule has 0 saturated heterocycles. The Bertz CT molecular complexity index is 632. The van der Waals surface area contributed by atoms with Crippen LogP contribution in [0.25, 0.3) is 0 Å². The van der Waals surface area contributed by atoms with Crippen molar-refractivity contribution in [2.75, 3.05) is 13.7 Å². The van der Waals surface area contributed by atoms with Crippen molar-refractivity contribution in [1.29, 1.82) is 0 Å². The second kappa shape index (κ2) is 10.2. The van der Waals surface area contributed by atoms with E-state index in [1.807, 2.05) is 30.3 Å². The van der Waals surface area contributed by atoms with E-state index in [2.05, 4.69) is 24.4 Å². The lowest BCUT2D eigenvalue weighted by Gasteiger charge is -2.14. The highest BCUT2D eigenvalue weighted by atomic mass is 35.5. The number of rotatable bonds is 8. The van der Waals surface area contributed by atoms with Gasteiger partial charge in [-0.05, 0) is 42.7 Å². The van der Waals surface area contributed by atoms with Crippen molar-refractivity contribution in [3.05, 3.63) is 59.2 Å². The number of hydrogen-bond donors (Lipinski definition) is 2. The van der Waals surface area contributed by atoms with E-state index in [4.69, 9.17) is 9.47 Å². The van der Waals surface area contributed by atoms with Gasteiger partial charge in [0.1, 0.15) is 6.61 Å². The summed E-state index contributed by atoms with van der Waals surface area (Å²) in [5.74, 6) is 1.45. The molecule has 5 heteroatoms. The van der Waals surface area contributed by atoms with E-state index in [1.165, 1.54) is 5.56 Å². The Hall–Kier alpha value is -1.75. The molecule has 0 heterocycles. The molecule has 2 N–H and O–H groups in total. The minimum absolute atomic E-state index is 0. The van der Waals surface area contributed by atoms with Crippen LogP contribution in [0.2, 0.25) is 0 Å². The van der Waals surface area contributed by atoms with Crippen LogP contribution in [0, 0.1) is 6.92 Å². The van der Waals surface area contributed by atoms with Gasteiger partial charge in [0.2, 0.25) is 0 Å². The third-order valence-electron chi connectivity index (χ3n) is 3.64. The fourth-order valence-corrected chi connectivity index (χ4v) is 2.29. The van der Waals surface area contributed by atoms with Gasteiger partial charge in [0.05, 0.1) is 13.2 Å². The Balaban J connectivity index is 0.00000288. The van der Waals surface area contributed by atoms with Crippen LogP contribution in [0.4, 0.5) is 0 Å². The van der Waals surface area contributed by atoms with E-state index in [9.17, 15) is 5.11 Å². The molecular weight excluding hydrogens is 326 g/mol. The minimum Gasteiger partial charge on any atom is -0.493 e. The minimum atomic E-state index is -0.353. The topological polar surface area (TPSA) is 50.7 Å². The van der Waals surface area contributed by atoms with Gasteiger partial charge in [0, 0.05) is 13.1 Å². The van der Waals surface area contributed by atoms with Gasteiger partial charge in [-0.25, -0.2) is 0 Å². The summed E-state index contributed by atoms with van der Waals surface area (Å²) in [6.45, 7) is 5.60. The van der Waals surface area contributed by atoms with E-state index < -0.39 is 0 Å². The Morgan fingerprint density at radius 1 is 1.12 bits per heavy atom. The lowest BCUT2D eigenvalue weighted by Crippen LogP contribution is -2.23. The number of aryl methyl sites for hydroxylation is 1. The number of benzene rings is 2. The highest BCUT2D eigenvalue weighted by Crippen LogP contribution is 2.29. The number of halogens is 1. The molecule has 24 heavy (non-hydrogen) atoms. The normalized spacial score (nSPS) is 11.5. The molecule has 2 rings (SSSR count). The molecule has 0 aliphatic heterocycles. The van der Waals surface area contributed by atoms with Crippen molar-refractivity contribution in [2.45, 2.75) is 33.1 Å². The molecule has 0 aromatic heterocycles. The van der Waals surface area contributed by atoms with E-state index in [-0.39, 0.29) is 18.5 Å². The van der Waals surface area contributed by atoms with Gasteiger partial charge in [0.25, 0.3) is 0 Å². The lowest BCUT2D eigenvalue weighted by molar-refractivity contribution is 0.191. The maximum Gasteiger partial charge on any atom is 0.161 e. The van der Waals surface area contributed by atoms with Crippen molar-refractivity contribution in [2.24, 2.45) is 0 Å². The molecule has 2 aromatic carbocycles. The molecular formula is C19H26ClNO3. The average Bonchev–Trinajstić information content (AvgIpc) is 2.54. The van der Waals surface area contributed by atoms with Crippen molar-refractivity contribution < 1.29 is 14.6 Å². The third-order valence-corrected chi connectivity index (χ3v) is 3.64. The van der Waals surface area contributed by atoms with Crippen LogP contribution in [0.3, 0.4) is 0 Å². The summed E-state index contributed by atoms with van der Waals surface area (Å²) < 4.78 is 11.3. The number of ether oxygens (including phenoxy) is 2.